The van der Waals surface area contributed by atoms with Crippen molar-refractivity contribution in [2.45, 2.75) is 38.3 Å². The fourth-order valence-corrected chi connectivity index (χ4v) is 2.53. The molecule has 0 aromatic carbocycles. The first-order chi connectivity index (χ1) is 8.84. The van der Waals surface area contributed by atoms with E-state index in [2.05, 4.69) is 20.2 Å². The van der Waals surface area contributed by atoms with E-state index >= 15 is 0 Å². The quantitative estimate of drug-likeness (QED) is 0.811. The number of amides is 1. The van der Waals surface area contributed by atoms with E-state index in [1.165, 1.54) is 18.5 Å². The van der Waals surface area contributed by atoms with E-state index in [1.54, 1.807) is 0 Å². The molecule has 18 heavy (non-hydrogen) atoms. The smallest absolute Gasteiger partial charge is 0.223 e. The van der Waals surface area contributed by atoms with Gasteiger partial charge in [-0.2, -0.15) is 0 Å². The third-order valence-corrected chi connectivity index (χ3v) is 3.76. The second kappa shape index (κ2) is 5.10. The van der Waals surface area contributed by atoms with E-state index in [1.807, 2.05) is 12.5 Å². The SMILES string of the molecule is O=C(NCCn1cncc1C1CCCN1)C1CC1. The lowest BCUT2D eigenvalue weighted by molar-refractivity contribution is -0.122. The molecule has 1 unspecified atom stereocenters. The summed E-state index contributed by atoms with van der Waals surface area (Å²) in [6.07, 6.45) is 8.33. The predicted molar refractivity (Wildman–Crippen MR) is 67.9 cm³/mol. The van der Waals surface area contributed by atoms with Gasteiger partial charge in [0.15, 0.2) is 0 Å². The lowest BCUT2D eigenvalue weighted by Gasteiger charge is -2.14. The summed E-state index contributed by atoms with van der Waals surface area (Å²) in [5.74, 6) is 0.513. The number of rotatable bonds is 5. The molecule has 2 heterocycles. The summed E-state index contributed by atoms with van der Waals surface area (Å²) in [4.78, 5) is 15.7. The van der Waals surface area contributed by atoms with E-state index in [0.717, 1.165) is 25.9 Å². The Morgan fingerprint density at radius 1 is 1.50 bits per heavy atom. The van der Waals surface area contributed by atoms with Crippen LogP contribution in [-0.2, 0) is 11.3 Å². The second-order valence-electron chi connectivity index (χ2n) is 5.23. The first-order valence-corrected chi connectivity index (χ1v) is 6.86. The maximum atomic E-state index is 11.5. The van der Waals surface area contributed by atoms with E-state index in [0.29, 0.717) is 18.5 Å². The molecule has 1 aromatic heterocycles. The summed E-state index contributed by atoms with van der Waals surface area (Å²) in [5, 5.41) is 6.47. The summed E-state index contributed by atoms with van der Waals surface area (Å²) in [5.41, 5.74) is 1.24. The average molecular weight is 248 g/mol. The van der Waals surface area contributed by atoms with Gasteiger partial charge in [-0.25, -0.2) is 4.98 Å². The van der Waals surface area contributed by atoms with E-state index in [-0.39, 0.29) is 5.91 Å². The third-order valence-electron chi connectivity index (χ3n) is 3.76. The van der Waals surface area contributed by atoms with Gasteiger partial charge in [-0.15, -0.1) is 0 Å². The molecular weight excluding hydrogens is 228 g/mol. The van der Waals surface area contributed by atoms with Gasteiger partial charge >= 0.3 is 0 Å². The fourth-order valence-electron chi connectivity index (χ4n) is 2.53. The topological polar surface area (TPSA) is 59.0 Å². The van der Waals surface area contributed by atoms with Crippen molar-refractivity contribution in [3.63, 3.8) is 0 Å². The lowest BCUT2D eigenvalue weighted by Crippen LogP contribution is -2.29. The van der Waals surface area contributed by atoms with Gasteiger partial charge < -0.3 is 15.2 Å². The van der Waals surface area contributed by atoms with Gasteiger partial charge in [0.05, 0.1) is 12.0 Å². The van der Waals surface area contributed by atoms with Crippen molar-refractivity contribution in [3.05, 3.63) is 18.2 Å². The zero-order chi connectivity index (χ0) is 12.4. The highest BCUT2D eigenvalue weighted by Gasteiger charge is 2.29. The van der Waals surface area contributed by atoms with Crippen molar-refractivity contribution in [2.75, 3.05) is 13.1 Å². The van der Waals surface area contributed by atoms with Gasteiger partial charge in [-0.1, -0.05) is 0 Å². The molecule has 1 aliphatic carbocycles. The molecule has 1 saturated carbocycles. The van der Waals surface area contributed by atoms with E-state index < -0.39 is 0 Å². The van der Waals surface area contributed by atoms with Crippen molar-refractivity contribution < 1.29 is 4.79 Å². The Balaban J connectivity index is 1.52. The lowest BCUT2D eigenvalue weighted by atomic mass is 10.2. The number of imidazole rings is 1. The molecule has 1 atom stereocenters. The van der Waals surface area contributed by atoms with Crippen molar-refractivity contribution in [1.82, 2.24) is 20.2 Å². The van der Waals surface area contributed by atoms with Crippen molar-refractivity contribution in [2.24, 2.45) is 5.92 Å². The Morgan fingerprint density at radius 3 is 3.11 bits per heavy atom. The zero-order valence-electron chi connectivity index (χ0n) is 10.6. The summed E-state index contributed by atoms with van der Waals surface area (Å²) >= 11 is 0. The summed E-state index contributed by atoms with van der Waals surface area (Å²) < 4.78 is 2.15. The molecule has 5 heteroatoms. The van der Waals surface area contributed by atoms with Crippen LogP contribution in [0, 0.1) is 5.92 Å². The number of nitrogens with one attached hydrogen (secondary N) is 2. The molecule has 1 aromatic rings. The fraction of sp³-hybridized carbons (Fsp3) is 0.692. The Kier molecular flexibility index (Phi) is 3.32. The number of hydrogen-bond acceptors (Lipinski definition) is 3. The highest BCUT2D eigenvalue weighted by atomic mass is 16.2. The molecule has 3 rings (SSSR count). The summed E-state index contributed by atoms with van der Waals surface area (Å²) in [6.45, 7) is 2.60. The molecule has 2 N–H and O–H groups in total. The van der Waals surface area contributed by atoms with E-state index in [4.69, 9.17) is 0 Å². The van der Waals surface area contributed by atoms with Crippen LogP contribution >= 0.6 is 0 Å². The van der Waals surface area contributed by atoms with Crippen LogP contribution in [0.4, 0.5) is 0 Å². The zero-order valence-corrected chi connectivity index (χ0v) is 10.6. The average Bonchev–Trinajstić information content (AvgIpc) is 2.90. The third kappa shape index (κ3) is 2.56. The number of nitrogens with zero attached hydrogens (tertiary/aromatic N) is 2. The number of aromatic nitrogens is 2. The minimum Gasteiger partial charge on any atom is -0.354 e. The van der Waals surface area contributed by atoms with Crippen molar-refractivity contribution in [1.29, 1.82) is 0 Å². The molecule has 1 amide bonds. The Bertz CT molecular complexity index is 418. The van der Waals surface area contributed by atoms with Crippen LogP contribution in [-0.4, -0.2) is 28.5 Å². The van der Waals surface area contributed by atoms with Gasteiger partial charge in [0.25, 0.3) is 0 Å². The summed E-state index contributed by atoms with van der Waals surface area (Å²) in [6, 6.07) is 0.437. The number of hydrogen-bond donors (Lipinski definition) is 2. The maximum absolute atomic E-state index is 11.5. The van der Waals surface area contributed by atoms with Crippen LogP contribution in [0.2, 0.25) is 0 Å². The van der Waals surface area contributed by atoms with Gasteiger partial charge in [0.2, 0.25) is 5.91 Å². The van der Waals surface area contributed by atoms with Gasteiger partial charge in [0.1, 0.15) is 0 Å². The first-order valence-electron chi connectivity index (χ1n) is 6.86. The number of carbonyl (C=O) groups is 1. The van der Waals surface area contributed by atoms with Gasteiger partial charge in [-0.3, -0.25) is 4.79 Å². The van der Waals surface area contributed by atoms with Crippen LogP contribution in [0.5, 0.6) is 0 Å². The molecule has 1 saturated heterocycles. The van der Waals surface area contributed by atoms with E-state index in [9.17, 15) is 4.79 Å². The highest BCUT2D eigenvalue weighted by Crippen LogP contribution is 2.28. The Morgan fingerprint density at radius 2 is 2.39 bits per heavy atom. The molecule has 1 aliphatic heterocycles. The standard InChI is InChI=1S/C13H20N4O/c18-13(10-3-4-10)16-6-7-17-9-14-8-12(17)11-2-1-5-15-11/h8-11,15H,1-7H2,(H,16,18). The van der Waals surface area contributed by atoms with Crippen LogP contribution < -0.4 is 10.6 Å². The number of carbonyl (C=O) groups excluding carboxylic acids is 1. The minimum atomic E-state index is 0.218. The largest absolute Gasteiger partial charge is 0.354 e. The molecular formula is C13H20N4O. The molecule has 5 nitrogen and oxygen atoms in total. The molecule has 2 aliphatic rings. The minimum absolute atomic E-state index is 0.218. The first kappa shape index (κ1) is 11.7. The highest BCUT2D eigenvalue weighted by molar-refractivity contribution is 5.80. The molecule has 0 spiro atoms. The second-order valence-corrected chi connectivity index (χ2v) is 5.23. The normalized spacial score (nSPS) is 23.2. The van der Waals surface area contributed by atoms with Crippen molar-refractivity contribution >= 4 is 5.91 Å². The van der Waals surface area contributed by atoms with Gasteiger partial charge in [-0.05, 0) is 32.2 Å². The Hall–Kier alpha value is -1.36. The predicted octanol–water partition coefficient (Wildman–Crippen LogP) is 0.834. The molecule has 0 bridgehead atoms. The summed E-state index contributed by atoms with van der Waals surface area (Å²) in [7, 11) is 0. The Labute approximate surface area is 107 Å². The molecule has 98 valence electrons. The van der Waals surface area contributed by atoms with Gasteiger partial charge in [0, 0.05) is 31.2 Å². The van der Waals surface area contributed by atoms with Crippen LogP contribution in [0.1, 0.15) is 37.4 Å². The molecule has 2 fully saturated rings. The van der Waals surface area contributed by atoms with Crippen LogP contribution in [0.3, 0.4) is 0 Å². The van der Waals surface area contributed by atoms with Crippen LogP contribution in [0.25, 0.3) is 0 Å². The van der Waals surface area contributed by atoms with Crippen LogP contribution in [0.15, 0.2) is 12.5 Å². The van der Waals surface area contributed by atoms with Crippen molar-refractivity contribution in [3.8, 4) is 0 Å². The maximum Gasteiger partial charge on any atom is 0.223 e. The molecule has 0 radical (unpaired) electrons. The monoisotopic (exact) mass is 248 g/mol.